The molecule has 4 heteroatoms. The lowest BCUT2D eigenvalue weighted by atomic mass is 10.0. The molecule has 0 aliphatic rings. The van der Waals surface area contributed by atoms with Crippen molar-refractivity contribution in [2.24, 2.45) is 5.73 Å². The van der Waals surface area contributed by atoms with E-state index >= 15 is 0 Å². The summed E-state index contributed by atoms with van der Waals surface area (Å²) in [4.78, 5) is 4.64. The van der Waals surface area contributed by atoms with Crippen LogP contribution >= 0.6 is 27.3 Å². The van der Waals surface area contributed by atoms with Crippen LogP contribution in [0.1, 0.15) is 10.6 Å². The molecule has 0 saturated heterocycles. The predicted molar refractivity (Wildman–Crippen MR) is 89.1 cm³/mol. The fourth-order valence-electron chi connectivity index (χ4n) is 2.25. The molecule has 20 heavy (non-hydrogen) atoms. The van der Waals surface area contributed by atoms with Crippen LogP contribution in [0.5, 0.6) is 0 Å². The summed E-state index contributed by atoms with van der Waals surface area (Å²) >= 11 is 5.31. The molecule has 0 radical (unpaired) electrons. The summed E-state index contributed by atoms with van der Waals surface area (Å²) in [6, 6.07) is 16.6. The summed E-state index contributed by atoms with van der Waals surface area (Å²) in [7, 11) is 0. The number of nitrogens with zero attached hydrogens (tertiary/aromatic N) is 1. The van der Waals surface area contributed by atoms with Gasteiger partial charge in [0, 0.05) is 16.9 Å². The van der Waals surface area contributed by atoms with Gasteiger partial charge in [0.1, 0.15) is 0 Å². The number of nitrogens with two attached hydrogens (primary N) is 1. The van der Waals surface area contributed by atoms with Crippen LogP contribution in [-0.2, 0) is 12.8 Å². The first-order valence-corrected chi connectivity index (χ1v) is 8.17. The Kier molecular flexibility index (Phi) is 4.15. The molecule has 2 N–H and O–H groups in total. The van der Waals surface area contributed by atoms with Crippen molar-refractivity contribution in [2.75, 3.05) is 0 Å². The molecule has 2 nitrogen and oxygen atoms in total. The molecular weight excluding hydrogens is 332 g/mol. The molecule has 0 fully saturated rings. The van der Waals surface area contributed by atoms with Crippen molar-refractivity contribution in [1.29, 1.82) is 0 Å². The standard InChI is InChI=1S/C16H15BrN2S/c17-13-6-2-1-5-11(13)9-12(18)10-16-19-14-7-3-4-8-15(14)20-16/h1-8,12H,9-10,18H2. The zero-order valence-corrected chi connectivity index (χ0v) is 13.3. The first-order valence-electron chi connectivity index (χ1n) is 6.56. The Bertz CT molecular complexity index is 690. The van der Waals surface area contributed by atoms with E-state index < -0.39 is 0 Å². The van der Waals surface area contributed by atoms with Crippen LogP contribution in [0.4, 0.5) is 0 Å². The lowest BCUT2D eigenvalue weighted by Crippen LogP contribution is -2.25. The van der Waals surface area contributed by atoms with E-state index in [1.165, 1.54) is 10.3 Å². The number of rotatable bonds is 4. The summed E-state index contributed by atoms with van der Waals surface area (Å²) in [5.74, 6) is 0. The van der Waals surface area contributed by atoms with Gasteiger partial charge in [-0.15, -0.1) is 11.3 Å². The molecular formula is C16H15BrN2S. The molecule has 1 heterocycles. The highest BCUT2D eigenvalue weighted by Crippen LogP contribution is 2.23. The van der Waals surface area contributed by atoms with E-state index in [-0.39, 0.29) is 6.04 Å². The highest BCUT2D eigenvalue weighted by Gasteiger charge is 2.11. The first-order chi connectivity index (χ1) is 9.72. The zero-order chi connectivity index (χ0) is 13.9. The third-order valence-corrected chi connectivity index (χ3v) is 5.05. The average molecular weight is 347 g/mol. The number of aromatic nitrogens is 1. The van der Waals surface area contributed by atoms with Crippen molar-refractivity contribution >= 4 is 37.5 Å². The third-order valence-electron chi connectivity index (χ3n) is 3.21. The molecule has 0 saturated carbocycles. The molecule has 2 aromatic carbocycles. The van der Waals surface area contributed by atoms with Crippen LogP contribution < -0.4 is 5.73 Å². The quantitative estimate of drug-likeness (QED) is 0.769. The van der Waals surface area contributed by atoms with Crippen molar-refractivity contribution in [3.8, 4) is 0 Å². The first kappa shape index (κ1) is 13.7. The second-order valence-corrected chi connectivity index (χ2v) is 6.80. The van der Waals surface area contributed by atoms with Gasteiger partial charge in [0.15, 0.2) is 0 Å². The molecule has 0 spiro atoms. The molecule has 0 bridgehead atoms. The molecule has 0 amide bonds. The summed E-state index contributed by atoms with van der Waals surface area (Å²) in [5, 5.41) is 1.12. The summed E-state index contributed by atoms with van der Waals surface area (Å²) in [6.45, 7) is 0. The third kappa shape index (κ3) is 3.08. The van der Waals surface area contributed by atoms with Gasteiger partial charge in [0.05, 0.1) is 15.2 Å². The van der Waals surface area contributed by atoms with Crippen LogP contribution in [0.3, 0.4) is 0 Å². The van der Waals surface area contributed by atoms with Crippen molar-refractivity contribution in [3.63, 3.8) is 0 Å². The Morgan fingerprint density at radius 3 is 2.60 bits per heavy atom. The molecule has 3 rings (SSSR count). The Balaban J connectivity index is 1.72. The molecule has 0 aliphatic heterocycles. The molecule has 1 aromatic heterocycles. The smallest absolute Gasteiger partial charge is 0.0954 e. The van der Waals surface area contributed by atoms with Crippen molar-refractivity contribution in [1.82, 2.24) is 4.98 Å². The number of thiazole rings is 1. The van der Waals surface area contributed by atoms with Crippen LogP contribution in [0.2, 0.25) is 0 Å². The zero-order valence-electron chi connectivity index (χ0n) is 10.9. The maximum absolute atomic E-state index is 6.27. The van der Waals surface area contributed by atoms with Crippen molar-refractivity contribution in [2.45, 2.75) is 18.9 Å². The minimum atomic E-state index is 0.0919. The van der Waals surface area contributed by atoms with Gasteiger partial charge in [-0.3, -0.25) is 0 Å². The number of para-hydroxylation sites is 1. The molecule has 0 aliphatic carbocycles. The lowest BCUT2D eigenvalue weighted by molar-refractivity contribution is 0.661. The Labute approximate surface area is 130 Å². The van der Waals surface area contributed by atoms with Crippen LogP contribution in [0.25, 0.3) is 10.2 Å². The molecule has 3 aromatic rings. The van der Waals surface area contributed by atoms with Gasteiger partial charge in [-0.05, 0) is 30.2 Å². The summed E-state index contributed by atoms with van der Waals surface area (Å²) < 4.78 is 2.36. The fourth-order valence-corrected chi connectivity index (χ4v) is 3.76. The van der Waals surface area contributed by atoms with E-state index in [1.54, 1.807) is 11.3 Å². The van der Waals surface area contributed by atoms with Gasteiger partial charge in [0.2, 0.25) is 0 Å². The predicted octanol–water partition coefficient (Wildman–Crippen LogP) is 4.17. The van der Waals surface area contributed by atoms with Gasteiger partial charge >= 0.3 is 0 Å². The number of halogens is 1. The van der Waals surface area contributed by atoms with E-state index in [2.05, 4.69) is 45.2 Å². The minimum absolute atomic E-state index is 0.0919. The summed E-state index contributed by atoms with van der Waals surface area (Å²) in [6.07, 6.45) is 1.68. The van der Waals surface area contributed by atoms with Crippen molar-refractivity contribution < 1.29 is 0 Å². The van der Waals surface area contributed by atoms with Gasteiger partial charge in [-0.25, -0.2) is 4.98 Å². The van der Waals surface area contributed by atoms with Crippen LogP contribution in [0, 0.1) is 0 Å². The van der Waals surface area contributed by atoms with Crippen molar-refractivity contribution in [3.05, 3.63) is 63.6 Å². The Hall–Kier alpha value is -1.23. The molecule has 1 unspecified atom stereocenters. The van der Waals surface area contributed by atoms with Crippen LogP contribution in [0.15, 0.2) is 53.0 Å². The number of hydrogen-bond donors (Lipinski definition) is 1. The fraction of sp³-hybridized carbons (Fsp3) is 0.188. The Morgan fingerprint density at radius 1 is 1.05 bits per heavy atom. The van der Waals surface area contributed by atoms with Gasteiger partial charge in [-0.1, -0.05) is 46.3 Å². The van der Waals surface area contributed by atoms with E-state index in [9.17, 15) is 0 Å². The maximum atomic E-state index is 6.27. The molecule has 102 valence electrons. The topological polar surface area (TPSA) is 38.9 Å². The van der Waals surface area contributed by atoms with E-state index in [0.29, 0.717) is 0 Å². The van der Waals surface area contributed by atoms with E-state index in [1.807, 2.05) is 24.3 Å². The van der Waals surface area contributed by atoms with E-state index in [4.69, 9.17) is 5.73 Å². The highest BCUT2D eigenvalue weighted by atomic mass is 79.9. The largest absolute Gasteiger partial charge is 0.327 e. The minimum Gasteiger partial charge on any atom is -0.327 e. The number of hydrogen-bond acceptors (Lipinski definition) is 3. The Morgan fingerprint density at radius 2 is 1.80 bits per heavy atom. The average Bonchev–Trinajstić information content (AvgIpc) is 2.83. The highest BCUT2D eigenvalue weighted by molar-refractivity contribution is 9.10. The van der Waals surface area contributed by atoms with Gasteiger partial charge in [-0.2, -0.15) is 0 Å². The van der Waals surface area contributed by atoms with Gasteiger partial charge < -0.3 is 5.73 Å². The second-order valence-electron chi connectivity index (χ2n) is 4.84. The molecule has 1 atom stereocenters. The van der Waals surface area contributed by atoms with E-state index in [0.717, 1.165) is 27.8 Å². The number of benzene rings is 2. The lowest BCUT2D eigenvalue weighted by Gasteiger charge is -2.11. The second kappa shape index (κ2) is 6.04. The normalized spacial score (nSPS) is 12.7. The van der Waals surface area contributed by atoms with Crippen LogP contribution in [-0.4, -0.2) is 11.0 Å². The SMILES string of the molecule is NC(Cc1nc2ccccc2s1)Cc1ccccc1Br. The van der Waals surface area contributed by atoms with Gasteiger partial charge in [0.25, 0.3) is 0 Å². The monoisotopic (exact) mass is 346 g/mol. The number of fused-ring (bicyclic) bond motifs is 1. The maximum Gasteiger partial charge on any atom is 0.0954 e. The summed E-state index contributed by atoms with van der Waals surface area (Å²) in [5.41, 5.74) is 8.60.